The lowest BCUT2D eigenvalue weighted by atomic mass is 9.99. The SMILES string of the molecule is CCSC1CCC2C(O)OCC12. The largest absolute Gasteiger partial charge is 0.368 e. The summed E-state index contributed by atoms with van der Waals surface area (Å²) in [7, 11) is 0. The molecule has 1 N–H and O–H groups in total. The summed E-state index contributed by atoms with van der Waals surface area (Å²) in [6.45, 7) is 2.98. The number of rotatable bonds is 2. The molecule has 2 aliphatic rings. The van der Waals surface area contributed by atoms with Crippen LogP contribution in [0.3, 0.4) is 0 Å². The van der Waals surface area contributed by atoms with Crippen LogP contribution in [0.15, 0.2) is 0 Å². The Labute approximate surface area is 77.7 Å². The zero-order chi connectivity index (χ0) is 8.55. The lowest BCUT2D eigenvalue weighted by Gasteiger charge is -2.15. The van der Waals surface area contributed by atoms with Gasteiger partial charge in [-0.15, -0.1) is 0 Å². The number of thioether (sulfide) groups is 1. The average Bonchev–Trinajstić information content (AvgIpc) is 2.58. The molecule has 70 valence electrons. The van der Waals surface area contributed by atoms with Crippen LogP contribution in [0, 0.1) is 11.8 Å². The summed E-state index contributed by atoms with van der Waals surface area (Å²) < 4.78 is 5.24. The Morgan fingerprint density at radius 2 is 2.25 bits per heavy atom. The standard InChI is InChI=1S/C9H16O2S/c1-2-12-8-4-3-6-7(8)5-11-9(6)10/h6-10H,2-5H2,1H3. The second-order valence-electron chi connectivity index (χ2n) is 3.62. The molecule has 1 aliphatic carbocycles. The second-order valence-corrected chi connectivity index (χ2v) is 5.14. The van der Waals surface area contributed by atoms with Gasteiger partial charge in [-0.1, -0.05) is 6.92 Å². The van der Waals surface area contributed by atoms with Crippen molar-refractivity contribution < 1.29 is 9.84 Å². The predicted molar refractivity (Wildman–Crippen MR) is 50.1 cm³/mol. The molecule has 2 nitrogen and oxygen atoms in total. The van der Waals surface area contributed by atoms with E-state index in [2.05, 4.69) is 6.92 Å². The van der Waals surface area contributed by atoms with Crippen LogP contribution in [0.2, 0.25) is 0 Å². The molecule has 1 aliphatic heterocycles. The van der Waals surface area contributed by atoms with Gasteiger partial charge in [-0.3, -0.25) is 0 Å². The second kappa shape index (κ2) is 3.56. The molecule has 4 unspecified atom stereocenters. The van der Waals surface area contributed by atoms with Crippen LogP contribution in [0.4, 0.5) is 0 Å². The fraction of sp³-hybridized carbons (Fsp3) is 1.00. The predicted octanol–water partition coefficient (Wildman–Crippen LogP) is 1.48. The van der Waals surface area contributed by atoms with Crippen molar-refractivity contribution >= 4 is 11.8 Å². The van der Waals surface area contributed by atoms with E-state index in [4.69, 9.17) is 4.74 Å². The zero-order valence-corrected chi connectivity index (χ0v) is 8.22. The van der Waals surface area contributed by atoms with Crippen LogP contribution < -0.4 is 0 Å². The van der Waals surface area contributed by atoms with Crippen LogP contribution in [-0.4, -0.2) is 29.0 Å². The van der Waals surface area contributed by atoms with E-state index in [0.29, 0.717) is 11.8 Å². The summed E-state index contributed by atoms with van der Waals surface area (Å²) in [5.41, 5.74) is 0. The Balaban J connectivity index is 1.96. The van der Waals surface area contributed by atoms with Gasteiger partial charge in [-0.05, 0) is 18.6 Å². The van der Waals surface area contributed by atoms with Crippen molar-refractivity contribution in [2.45, 2.75) is 31.3 Å². The highest BCUT2D eigenvalue weighted by atomic mass is 32.2. The highest BCUT2D eigenvalue weighted by molar-refractivity contribution is 7.99. The molecule has 2 fully saturated rings. The Kier molecular flexibility index (Phi) is 2.63. The van der Waals surface area contributed by atoms with E-state index in [1.165, 1.54) is 12.2 Å². The van der Waals surface area contributed by atoms with Crippen molar-refractivity contribution in [3.8, 4) is 0 Å². The number of ether oxygens (including phenoxy) is 1. The summed E-state index contributed by atoms with van der Waals surface area (Å²) in [4.78, 5) is 0. The maximum Gasteiger partial charge on any atom is 0.157 e. The maximum atomic E-state index is 9.45. The number of aliphatic hydroxyl groups excluding tert-OH is 1. The van der Waals surface area contributed by atoms with E-state index < -0.39 is 6.29 Å². The highest BCUT2D eigenvalue weighted by Gasteiger charge is 2.45. The molecule has 2 rings (SSSR count). The minimum atomic E-state index is -0.461. The molecule has 3 heteroatoms. The number of aliphatic hydroxyl groups is 1. The Morgan fingerprint density at radius 1 is 1.42 bits per heavy atom. The Bertz CT molecular complexity index is 163. The first-order valence-corrected chi connectivity index (χ1v) is 5.79. The molecule has 0 aromatic rings. The highest BCUT2D eigenvalue weighted by Crippen LogP contribution is 2.44. The number of hydrogen-bond acceptors (Lipinski definition) is 3. The van der Waals surface area contributed by atoms with Crippen molar-refractivity contribution in [1.29, 1.82) is 0 Å². The lowest BCUT2D eigenvalue weighted by molar-refractivity contribution is -0.0829. The molecule has 0 radical (unpaired) electrons. The van der Waals surface area contributed by atoms with Crippen molar-refractivity contribution in [1.82, 2.24) is 0 Å². The molecule has 1 saturated heterocycles. The molecule has 0 amide bonds. The molecule has 0 bridgehead atoms. The maximum absolute atomic E-state index is 9.45. The fourth-order valence-corrected chi connectivity index (χ4v) is 3.66. The number of fused-ring (bicyclic) bond motifs is 1. The van der Waals surface area contributed by atoms with E-state index in [9.17, 15) is 5.11 Å². The van der Waals surface area contributed by atoms with Crippen molar-refractivity contribution in [2.24, 2.45) is 11.8 Å². The van der Waals surface area contributed by atoms with Gasteiger partial charge < -0.3 is 9.84 Å². The molecule has 0 aromatic carbocycles. The smallest absolute Gasteiger partial charge is 0.157 e. The fourth-order valence-electron chi connectivity index (χ4n) is 2.40. The zero-order valence-electron chi connectivity index (χ0n) is 7.40. The topological polar surface area (TPSA) is 29.5 Å². The van der Waals surface area contributed by atoms with Crippen LogP contribution in [0.5, 0.6) is 0 Å². The normalized spacial score (nSPS) is 46.5. The quantitative estimate of drug-likeness (QED) is 0.712. The third-order valence-corrected chi connectivity index (χ3v) is 4.37. The molecule has 4 atom stereocenters. The Hall–Kier alpha value is 0.270. The van der Waals surface area contributed by atoms with E-state index in [1.54, 1.807) is 0 Å². The van der Waals surface area contributed by atoms with E-state index >= 15 is 0 Å². The van der Waals surface area contributed by atoms with E-state index in [0.717, 1.165) is 18.3 Å². The van der Waals surface area contributed by atoms with E-state index in [1.807, 2.05) is 11.8 Å². The minimum Gasteiger partial charge on any atom is -0.368 e. The van der Waals surface area contributed by atoms with Gasteiger partial charge in [0.1, 0.15) is 0 Å². The van der Waals surface area contributed by atoms with Gasteiger partial charge in [0.05, 0.1) is 6.61 Å². The van der Waals surface area contributed by atoms with Crippen LogP contribution in [0.1, 0.15) is 19.8 Å². The van der Waals surface area contributed by atoms with Crippen molar-refractivity contribution in [2.75, 3.05) is 12.4 Å². The van der Waals surface area contributed by atoms with Crippen molar-refractivity contribution in [3.63, 3.8) is 0 Å². The van der Waals surface area contributed by atoms with Gasteiger partial charge in [-0.2, -0.15) is 11.8 Å². The van der Waals surface area contributed by atoms with Crippen LogP contribution >= 0.6 is 11.8 Å². The first-order valence-electron chi connectivity index (χ1n) is 4.74. The molecular formula is C9H16O2S. The van der Waals surface area contributed by atoms with Gasteiger partial charge in [0.15, 0.2) is 6.29 Å². The molecule has 1 heterocycles. The third kappa shape index (κ3) is 1.38. The third-order valence-electron chi connectivity index (χ3n) is 3.02. The molecule has 12 heavy (non-hydrogen) atoms. The summed E-state index contributed by atoms with van der Waals surface area (Å²) in [6.07, 6.45) is 1.97. The minimum absolute atomic E-state index is 0.439. The molecule has 0 aromatic heterocycles. The number of hydrogen-bond donors (Lipinski definition) is 1. The Morgan fingerprint density at radius 3 is 3.00 bits per heavy atom. The van der Waals surface area contributed by atoms with Gasteiger partial charge in [-0.25, -0.2) is 0 Å². The molecule has 1 saturated carbocycles. The first kappa shape index (κ1) is 8.85. The summed E-state index contributed by atoms with van der Waals surface area (Å²) in [5.74, 6) is 2.25. The lowest BCUT2D eigenvalue weighted by Crippen LogP contribution is -2.18. The van der Waals surface area contributed by atoms with Gasteiger partial charge >= 0.3 is 0 Å². The van der Waals surface area contributed by atoms with Crippen molar-refractivity contribution in [3.05, 3.63) is 0 Å². The van der Waals surface area contributed by atoms with Gasteiger partial charge in [0, 0.05) is 17.1 Å². The summed E-state index contributed by atoms with van der Waals surface area (Å²) >= 11 is 2.03. The van der Waals surface area contributed by atoms with Crippen LogP contribution in [0.25, 0.3) is 0 Å². The van der Waals surface area contributed by atoms with Crippen LogP contribution in [-0.2, 0) is 4.74 Å². The van der Waals surface area contributed by atoms with Gasteiger partial charge in [0.25, 0.3) is 0 Å². The summed E-state index contributed by atoms with van der Waals surface area (Å²) in [6, 6.07) is 0. The molecule has 0 spiro atoms. The van der Waals surface area contributed by atoms with E-state index in [-0.39, 0.29) is 0 Å². The first-order chi connectivity index (χ1) is 5.83. The van der Waals surface area contributed by atoms with Gasteiger partial charge in [0.2, 0.25) is 0 Å². The monoisotopic (exact) mass is 188 g/mol. The average molecular weight is 188 g/mol. The summed E-state index contributed by atoms with van der Waals surface area (Å²) in [5, 5.41) is 10.2. The molecular weight excluding hydrogens is 172 g/mol.